The summed E-state index contributed by atoms with van der Waals surface area (Å²) < 4.78 is 16.9. The summed E-state index contributed by atoms with van der Waals surface area (Å²) in [5.41, 5.74) is 1.60. The Hall–Kier alpha value is -2.12. The molecule has 4 bridgehead atoms. The fourth-order valence-corrected chi connectivity index (χ4v) is 3.35. The summed E-state index contributed by atoms with van der Waals surface area (Å²) in [4.78, 5) is 29.2. The van der Waals surface area contributed by atoms with Gasteiger partial charge in [-0.15, -0.1) is 0 Å². The van der Waals surface area contributed by atoms with Crippen LogP contribution in [0.25, 0.3) is 0 Å². The van der Waals surface area contributed by atoms with Gasteiger partial charge >= 0.3 is 0 Å². The Morgan fingerprint density at radius 2 is 1.23 bits per heavy atom. The van der Waals surface area contributed by atoms with Gasteiger partial charge < -0.3 is 24.0 Å². The van der Waals surface area contributed by atoms with Crippen LogP contribution in [-0.2, 0) is 31.9 Å². The standard InChI is InChI=1S/C19H26N2O5/c1-24-19-15-3-2-4-16(19)14-18(23)21-7-11-25-9-5-20(17(22)13-15)6-10-26-12-8-21/h2-4H,5-14H2,1H3. The van der Waals surface area contributed by atoms with Crippen molar-refractivity contribution < 1.29 is 23.8 Å². The third-order valence-corrected chi connectivity index (χ3v) is 4.79. The molecular formula is C19H26N2O5. The van der Waals surface area contributed by atoms with Gasteiger partial charge in [0.25, 0.3) is 0 Å². The predicted molar refractivity (Wildman–Crippen MR) is 95.2 cm³/mol. The topological polar surface area (TPSA) is 68.3 Å². The number of carbonyl (C=O) groups excluding carboxylic acids is 2. The van der Waals surface area contributed by atoms with E-state index in [1.807, 2.05) is 18.2 Å². The second-order valence-electron chi connectivity index (χ2n) is 6.45. The van der Waals surface area contributed by atoms with Crippen LogP contribution in [0, 0.1) is 0 Å². The lowest BCUT2D eigenvalue weighted by molar-refractivity contribution is -0.133. The normalized spacial score (nSPS) is 20.2. The minimum Gasteiger partial charge on any atom is -0.496 e. The van der Waals surface area contributed by atoms with Crippen molar-refractivity contribution >= 4 is 11.8 Å². The molecule has 0 N–H and O–H groups in total. The van der Waals surface area contributed by atoms with Crippen molar-refractivity contribution in [2.24, 2.45) is 0 Å². The second kappa shape index (κ2) is 9.00. The van der Waals surface area contributed by atoms with Crippen LogP contribution in [-0.4, -0.2) is 81.3 Å². The van der Waals surface area contributed by atoms with Crippen molar-refractivity contribution in [3.05, 3.63) is 29.3 Å². The molecule has 0 aromatic heterocycles. The van der Waals surface area contributed by atoms with Crippen LogP contribution in [0.4, 0.5) is 0 Å². The van der Waals surface area contributed by atoms with Gasteiger partial charge in [-0.1, -0.05) is 18.2 Å². The Bertz CT molecular complexity index is 587. The van der Waals surface area contributed by atoms with Gasteiger partial charge in [0.15, 0.2) is 0 Å². The predicted octanol–water partition coefficient (Wildman–Crippen LogP) is 0.498. The Morgan fingerprint density at radius 1 is 0.808 bits per heavy atom. The molecule has 0 radical (unpaired) electrons. The van der Waals surface area contributed by atoms with Crippen molar-refractivity contribution in [3.8, 4) is 5.75 Å². The zero-order valence-corrected chi connectivity index (χ0v) is 15.2. The van der Waals surface area contributed by atoms with Gasteiger partial charge in [-0.3, -0.25) is 9.59 Å². The highest BCUT2D eigenvalue weighted by Gasteiger charge is 2.22. The molecule has 0 saturated carbocycles. The number of rotatable bonds is 1. The lowest BCUT2D eigenvalue weighted by Gasteiger charge is -2.28. The molecule has 0 unspecified atom stereocenters. The zero-order valence-electron chi connectivity index (χ0n) is 15.2. The van der Waals surface area contributed by atoms with Crippen LogP contribution in [0.15, 0.2) is 18.2 Å². The molecule has 26 heavy (non-hydrogen) atoms. The minimum absolute atomic E-state index is 0.00900. The SMILES string of the molecule is COc1c2cccc1CC(=O)N1CCOCCN(CCOCC1)C(=O)C2. The van der Waals surface area contributed by atoms with Crippen LogP contribution in [0.1, 0.15) is 11.1 Å². The van der Waals surface area contributed by atoms with Crippen LogP contribution >= 0.6 is 0 Å². The first-order chi connectivity index (χ1) is 12.7. The molecule has 0 atom stereocenters. The molecule has 0 spiro atoms. The first-order valence-electron chi connectivity index (χ1n) is 9.05. The van der Waals surface area contributed by atoms with Crippen LogP contribution in [0.2, 0.25) is 0 Å². The van der Waals surface area contributed by atoms with Gasteiger partial charge in [-0.25, -0.2) is 0 Å². The molecule has 2 amide bonds. The van der Waals surface area contributed by atoms with Gasteiger partial charge in [0.1, 0.15) is 5.75 Å². The van der Waals surface area contributed by atoms with Gasteiger partial charge in [0.05, 0.1) is 46.4 Å². The van der Waals surface area contributed by atoms with Crippen molar-refractivity contribution in [2.75, 3.05) is 59.7 Å². The maximum absolute atomic E-state index is 12.8. The summed E-state index contributed by atoms with van der Waals surface area (Å²) >= 11 is 0. The molecule has 7 nitrogen and oxygen atoms in total. The molecule has 1 aromatic rings. The minimum atomic E-state index is 0.00900. The Balaban J connectivity index is 1.98. The summed E-state index contributed by atoms with van der Waals surface area (Å²) in [5, 5.41) is 0. The first-order valence-corrected chi connectivity index (χ1v) is 9.05. The van der Waals surface area contributed by atoms with Gasteiger partial charge in [-0.05, 0) is 0 Å². The Morgan fingerprint density at radius 3 is 1.62 bits per heavy atom. The number of benzene rings is 1. The number of para-hydroxylation sites is 1. The maximum Gasteiger partial charge on any atom is 0.227 e. The number of methoxy groups -OCH3 is 1. The Labute approximate surface area is 153 Å². The number of hydrogen-bond donors (Lipinski definition) is 0. The monoisotopic (exact) mass is 362 g/mol. The molecule has 7 heteroatoms. The number of amides is 2. The van der Waals surface area contributed by atoms with E-state index in [1.54, 1.807) is 16.9 Å². The van der Waals surface area contributed by atoms with Crippen molar-refractivity contribution in [1.29, 1.82) is 0 Å². The fourth-order valence-electron chi connectivity index (χ4n) is 3.35. The quantitative estimate of drug-likeness (QED) is 0.728. The van der Waals surface area contributed by atoms with Crippen LogP contribution < -0.4 is 4.74 Å². The fraction of sp³-hybridized carbons (Fsp3) is 0.579. The van der Waals surface area contributed by atoms with E-state index >= 15 is 0 Å². The average molecular weight is 362 g/mol. The highest BCUT2D eigenvalue weighted by Crippen LogP contribution is 2.26. The molecule has 3 heterocycles. The van der Waals surface area contributed by atoms with E-state index in [0.717, 1.165) is 11.1 Å². The summed E-state index contributed by atoms with van der Waals surface area (Å²) in [5.74, 6) is 0.653. The van der Waals surface area contributed by atoms with E-state index in [4.69, 9.17) is 14.2 Å². The molecule has 0 aliphatic carbocycles. The number of ether oxygens (including phenoxy) is 3. The number of hydrogen-bond acceptors (Lipinski definition) is 5. The third kappa shape index (κ3) is 4.53. The van der Waals surface area contributed by atoms with Crippen molar-refractivity contribution in [1.82, 2.24) is 9.80 Å². The summed E-state index contributed by atoms with van der Waals surface area (Å²) in [6.45, 7) is 3.85. The molecule has 1 aromatic carbocycles. The van der Waals surface area contributed by atoms with Gasteiger partial charge in [-0.2, -0.15) is 0 Å². The van der Waals surface area contributed by atoms with Gasteiger partial charge in [0, 0.05) is 37.3 Å². The van der Waals surface area contributed by atoms with E-state index in [-0.39, 0.29) is 24.7 Å². The summed E-state index contributed by atoms with van der Waals surface area (Å²) in [6, 6.07) is 5.64. The molecule has 1 fully saturated rings. The molecule has 4 rings (SSSR count). The molecular weight excluding hydrogens is 336 g/mol. The zero-order chi connectivity index (χ0) is 18.4. The van der Waals surface area contributed by atoms with E-state index in [1.165, 1.54) is 0 Å². The van der Waals surface area contributed by atoms with Crippen molar-refractivity contribution in [2.45, 2.75) is 12.8 Å². The van der Waals surface area contributed by atoms with Crippen LogP contribution in [0.3, 0.4) is 0 Å². The van der Waals surface area contributed by atoms with E-state index in [2.05, 4.69) is 0 Å². The third-order valence-electron chi connectivity index (χ3n) is 4.79. The van der Waals surface area contributed by atoms with E-state index in [0.29, 0.717) is 58.4 Å². The summed E-state index contributed by atoms with van der Waals surface area (Å²) in [7, 11) is 1.58. The van der Waals surface area contributed by atoms with Crippen molar-refractivity contribution in [3.63, 3.8) is 0 Å². The average Bonchev–Trinajstić information content (AvgIpc) is 2.61. The second-order valence-corrected chi connectivity index (χ2v) is 6.45. The maximum atomic E-state index is 12.8. The molecule has 3 aliphatic rings. The molecule has 3 aliphatic heterocycles. The highest BCUT2D eigenvalue weighted by atomic mass is 16.5. The highest BCUT2D eigenvalue weighted by molar-refractivity contribution is 5.82. The number of carbonyl (C=O) groups is 2. The lowest BCUT2D eigenvalue weighted by Crippen LogP contribution is -2.41. The first kappa shape index (κ1) is 18.7. The largest absolute Gasteiger partial charge is 0.496 e. The molecule has 142 valence electrons. The Kier molecular flexibility index (Phi) is 6.46. The number of fused-ring (bicyclic) bond motifs is 10. The van der Waals surface area contributed by atoms with Gasteiger partial charge in [0.2, 0.25) is 11.8 Å². The van der Waals surface area contributed by atoms with E-state index < -0.39 is 0 Å². The summed E-state index contributed by atoms with van der Waals surface area (Å²) in [6.07, 6.45) is 0.462. The number of nitrogens with zero attached hydrogens (tertiary/aromatic N) is 2. The van der Waals surface area contributed by atoms with Crippen LogP contribution in [0.5, 0.6) is 5.75 Å². The lowest BCUT2D eigenvalue weighted by atomic mass is 10.0. The smallest absolute Gasteiger partial charge is 0.227 e. The van der Waals surface area contributed by atoms with E-state index in [9.17, 15) is 9.59 Å². The molecule has 1 saturated heterocycles.